The highest BCUT2D eigenvalue weighted by atomic mass is 16.5. The highest BCUT2D eigenvalue weighted by Gasteiger charge is 2.47. The molecule has 56 heavy (non-hydrogen) atoms. The maximum Gasteiger partial charge on any atom is 0.324 e. The number of methoxy groups -OCH3 is 2. The van der Waals surface area contributed by atoms with Crippen molar-refractivity contribution in [1.82, 2.24) is 24.3 Å². The van der Waals surface area contributed by atoms with Gasteiger partial charge in [-0.25, -0.2) is 4.90 Å². The average molecular weight is 767 g/mol. The minimum absolute atomic E-state index is 0.0550. The second-order valence-corrected chi connectivity index (χ2v) is 14.4. The summed E-state index contributed by atoms with van der Waals surface area (Å²) in [6, 6.07) is 8.06. The number of rotatable bonds is 12. The predicted molar refractivity (Wildman–Crippen MR) is 201 cm³/mol. The molecule has 3 aliphatic rings. The number of piperidine rings is 1. The van der Waals surface area contributed by atoms with Crippen LogP contribution in [0, 0.1) is 5.92 Å². The molecule has 2 fully saturated rings. The molecule has 3 aliphatic heterocycles. The standard InChI is InChI=1S/C40H42N6O10/c1-21(2)35(41)40(52)55-20-45-34(47)9-8-31(39(45)51)46-37(49)26-7-6-23(14-27(26)38(46)50)56-24-16-44(17-24)19-30-32(53-4)12-22(13-33(30)54-5)29-18-43(3)36(48)28-15-42-11-10-25(28)29/h6-7,10-15,18,21,24,31,35H,8-9,16-17,19-20,41H2,1-5H3/t31?,35-/m0/s1. The van der Waals surface area contributed by atoms with Crippen molar-refractivity contribution in [2.24, 2.45) is 18.7 Å². The number of imide groups is 2. The molecule has 16 heteroatoms. The third-order valence-corrected chi connectivity index (χ3v) is 10.5. The van der Waals surface area contributed by atoms with Crippen molar-refractivity contribution < 1.29 is 42.9 Å². The van der Waals surface area contributed by atoms with Gasteiger partial charge in [0, 0.05) is 57.3 Å². The molecule has 7 rings (SSSR count). The summed E-state index contributed by atoms with van der Waals surface area (Å²) in [7, 11) is 4.88. The number of carbonyl (C=O) groups is 5. The van der Waals surface area contributed by atoms with E-state index in [2.05, 4.69) is 9.88 Å². The van der Waals surface area contributed by atoms with Crippen molar-refractivity contribution in [1.29, 1.82) is 0 Å². The van der Waals surface area contributed by atoms with E-state index in [4.69, 9.17) is 24.7 Å². The van der Waals surface area contributed by atoms with E-state index in [0.29, 0.717) is 42.3 Å². The number of ether oxygens (including phenoxy) is 4. The first-order chi connectivity index (χ1) is 26.8. The summed E-state index contributed by atoms with van der Waals surface area (Å²) >= 11 is 0. The molecule has 0 bridgehead atoms. The number of aromatic nitrogens is 2. The second kappa shape index (κ2) is 15.2. The first-order valence-corrected chi connectivity index (χ1v) is 18.2. The SMILES string of the molecule is COc1cc(-c2cn(C)c(=O)c3cnccc23)cc(OC)c1CN1CC(Oc2ccc3c(c2)C(=O)N(C2CCC(=O)N(COC(=O)[C@@H](N)C(C)C)C2=O)C3=O)C1. The Morgan fingerprint density at radius 3 is 2.30 bits per heavy atom. The Labute approximate surface area is 321 Å². The van der Waals surface area contributed by atoms with Crippen molar-refractivity contribution in [3.8, 4) is 28.4 Å². The van der Waals surface area contributed by atoms with Crippen molar-refractivity contribution in [3.63, 3.8) is 0 Å². The number of esters is 1. The van der Waals surface area contributed by atoms with Gasteiger partial charge < -0.3 is 29.2 Å². The Morgan fingerprint density at radius 1 is 0.929 bits per heavy atom. The Balaban J connectivity index is 1.01. The lowest BCUT2D eigenvalue weighted by Gasteiger charge is -2.39. The molecule has 0 spiro atoms. The summed E-state index contributed by atoms with van der Waals surface area (Å²) in [4.78, 5) is 86.0. The van der Waals surface area contributed by atoms with Gasteiger partial charge in [0.1, 0.15) is 35.4 Å². The molecule has 2 atom stereocenters. The molecule has 2 aromatic heterocycles. The predicted octanol–water partition coefficient (Wildman–Crippen LogP) is 2.48. The number of nitrogens with zero attached hydrogens (tertiary/aromatic N) is 5. The van der Waals surface area contributed by atoms with E-state index in [9.17, 15) is 28.8 Å². The fourth-order valence-corrected chi connectivity index (χ4v) is 7.27. The van der Waals surface area contributed by atoms with Crippen LogP contribution in [-0.4, -0.2) is 106 Å². The van der Waals surface area contributed by atoms with E-state index < -0.39 is 48.4 Å². The zero-order chi connectivity index (χ0) is 40.0. The molecule has 0 saturated carbocycles. The van der Waals surface area contributed by atoms with Gasteiger partial charge in [-0.05, 0) is 59.7 Å². The Hall–Kier alpha value is -6.13. The molecular formula is C40H42N6O10. The van der Waals surface area contributed by atoms with E-state index in [1.165, 1.54) is 16.7 Å². The number of hydrogen-bond acceptors (Lipinski definition) is 13. The van der Waals surface area contributed by atoms with Gasteiger partial charge in [-0.1, -0.05) is 13.8 Å². The number of amides is 4. The Kier molecular flexibility index (Phi) is 10.3. The average Bonchev–Trinajstić information content (AvgIpc) is 3.42. The second-order valence-electron chi connectivity index (χ2n) is 14.4. The quantitative estimate of drug-likeness (QED) is 0.164. The van der Waals surface area contributed by atoms with Crippen LogP contribution >= 0.6 is 0 Å². The molecule has 4 aromatic rings. The molecule has 2 aromatic carbocycles. The summed E-state index contributed by atoms with van der Waals surface area (Å²) in [5.41, 5.74) is 8.37. The normalized spacial score (nSPS) is 18.0. The molecule has 292 valence electrons. The van der Waals surface area contributed by atoms with Crippen LogP contribution in [0.2, 0.25) is 0 Å². The summed E-state index contributed by atoms with van der Waals surface area (Å²) in [5, 5.41) is 1.27. The van der Waals surface area contributed by atoms with Gasteiger partial charge in [0.15, 0.2) is 6.73 Å². The monoisotopic (exact) mass is 766 g/mol. The minimum atomic E-state index is -1.25. The van der Waals surface area contributed by atoms with Gasteiger partial charge in [-0.15, -0.1) is 0 Å². The lowest BCUT2D eigenvalue weighted by atomic mass is 9.98. The Bertz CT molecular complexity index is 2310. The topological polar surface area (TPSA) is 193 Å². The van der Waals surface area contributed by atoms with Crippen LogP contribution in [0.4, 0.5) is 0 Å². The number of carbonyl (C=O) groups excluding carboxylic acids is 5. The summed E-state index contributed by atoms with van der Waals surface area (Å²) in [6.45, 7) is 4.40. The van der Waals surface area contributed by atoms with Crippen LogP contribution in [0.1, 0.15) is 53.0 Å². The van der Waals surface area contributed by atoms with Crippen LogP contribution in [0.3, 0.4) is 0 Å². The van der Waals surface area contributed by atoms with E-state index in [0.717, 1.165) is 31.9 Å². The zero-order valence-electron chi connectivity index (χ0n) is 31.6. The van der Waals surface area contributed by atoms with Crippen LogP contribution in [0.25, 0.3) is 21.9 Å². The van der Waals surface area contributed by atoms with Gasteiger partial charge in [0.2, 0.25) is 5.91 Å². The maximum absolute atomic E-state index is 13.6. The molecule has 2 N–H and O–H groups in total. The van der Waals surface area contributed by atoms with Gasteiger partial charge in [0.05, 0.1) is 36.3 Å². The van der Waals surface area contributed by atoms with Gasteiger partial charge in [-0.2, -0.15) is 0 Å². The summed E-state index contributed by atoms with van der Waals surface area (Å²) in [6.07, 6.45) is 4.60. The maximum atomic E-state index is 13.6. The molecule has 0 aliphatic carbocycles. The Morgan fingerprint density at radius 2 is 1.62 bits per heavy atom. The fourth-order valence-electron chi connectivity index (χ4n) is 7.27. The van der Waals surface area contributed by atoms with Crippen molar-refractivity contribution in [3.05, 3.63) is 82.0 Å². The van der Waals surface area contributed by atoms with Crippen molar-refractivity contribution in [2.45, 2.75) is 51.4 Å². The highest BCUT2D eigenvalue weighted by Crippen LogP contribution is 2.39. The van der Waals surface area contributed by atoms with Crippen LogP contribution < -0.4 is 25.5 Å². The number of likely N-dealkylation sites (tertiary alicyclic amines) is 2. The number of pyridine rings is 2. The molecule has 16 nitrogen and oxygen atoms in total. The number of hydrogen-bond donors (Lipinski definition) is 1. The number of fused-ring (bicyclic) bond motifs is 2. The molecule has 0 radical (unpaired) electrons. The smallest absolute Gasteiger partial charge is 0.324 e. The van der Waals surface area contributed by atoms with Gasteiger partial charge >= 0.3 is 5.97 Å². The highest BCUT2D eigenvalue weighted by molar-refractivity contribution is 6.23. The third kappa shape index (κ3) is 6.85. The van der Waals surface area contributed by atoms with E-state index in [1.807, 2.05) is 18.2 Å². The lowest BCUT2D eigenvalue weighted by Crippen LogP contribution is -2.56. The first kappa shape index (κ1) is 38.2. The third-order valence-electron chi connectivity index (χ3n) is 10.5. The van der Waals surface area contributed by atoms with Gasteiger partial charge in [-0.3, -0.25) is 43.6 Å². The van der Waals surface area contributed by atoms with E-state index in [1.54, 1.807) is 59.8 Å². The van der Waals surface area contributed by atoms with Crippen LogP contribution in [-0.2, 0) is 32.7 Å². The molecule has 2 saturated heterocycles. The first-order valence-electron chi connectivity index (χ1n) is 18.2. The molecule has 5 heterocycles. The molecule has 1 unspecified atom stereocenters. The van der Waals surface area contributed by atoms with Gasteiger partial charge in [0.25, 0.3) is 23.3 Å². The van der Waals surface area contributed by atoms with Crippen LogP contribution in [0.5, 0.6) is 17.2 Å². The largest absolute Gasteiger partial charge is 0.496 e. The zero-order valence-corrected chi connectivity index (χ0v) is 31.6. The summed E-state index contributed by atoms with van der Waals surface area (Å²) in [5.74, 6) is -2.11. The number of nitrogens with two attached hydrogens (primary N) is 1. The van der Waals surface area contributed by atoms with Crippen molar-refractivity contribution >= 4 is 40.4 Å². The van der Waals surface area contributed by atoms with E-state index in [-0.39, 0.29) is 41.5 Å². The molecule has 4 amide bonds. The van der Waals surface area contributed by atoms with Crippen LogP contribution in [0.15, 0.2) is 59.8 Å². The van der Waals surface area contributed by atoms with Crippen molar-refractivity contribution in [2.75, 3.05) is 34.0 Å². The number of benzene rings is 2. The minimum Gasteiger partial charge on any atom is -0.496 e. The number of aryl methyl sites for hydroxylation is 1. The summed E-state index contributed by atoms with van der Waals surface area (Å²) < 4.78 is 24.5. The molecular weight excluding hydrogens is 724 g/mol. The lowest BCUT2D eigenvalue weighted by molar-refractivity contribution is -0.164. The van der Waals surface area contributed by atoms with E-state index >= 15 is 0 Å². The fraction of sp³-hybridized carbons (Fsp3) is 0.375.